The number of ether oxygens (including phenoxy) is 1. The van der Waals surface area contributed by atoms with Crippen LogP contribution in [0.4, 0.5) is 11.4 Å². The number of anilines is 2. The summed E-state index contributed by atoms with van der Waals surface area (Å²) in [7, 11) is 1.58. The van der Waals surface area contributed by atoms with Crippen LogP contribution in [0.15, 0.2) is 41.3 Å². The van der Waals surface area contributed by atoms with Crippen molar-refractivity contribution in [2.75, 3.05) is 17.7 Å². The number of hydrogen-bond donors (Lipinski definition) is 2. The van der Waals surface area contributed by atoms with Crippen molar-refractivity contribution < 1.29 is 14.3 Å². The van der Waals surface area contributed by atoms with E-state index in [0.29, 0.717) is 27.2 Å². The first kappa shape index (κ1) is 17.9. The number of nitrogens with one attached hydrogen (secondary N) is 2. The van der Waals surface area contributed by atoms with Crippen LogP contribution >= 0.6 is 35.0 Å². The highest BCUT2D eigenvalue weighted by atomic mass is 35.5. The molecule has 0 radical (unpaired) electrons. The van der Waals surface area contributed by atoms with Crippen LogP contribution in [0.3, 0.4) is 0 Å². The second kappa shape index (κ2) is 7.56. The van der Waals surface area contributed by atoms with Gasteiger partial charge in [0.25, 0.3) is 0 Å². The molecule has 2 aromatic carbocycles. The van der Waals surface area contributed by atoms with E-state index in [2.05, 4.69) is 10.6 Å². The molecule has 0 bridgehead atoms. The van der Waals surface area contributed by atoms with Crippen LogP contribution in [0.1, 0.15) is 6.42 Å². The summed E-state index contributed by atoms with van der Waals surface area (Å²) in [5.74, 6) is 0.182. The number of carbonyl (C=O) groups is 2. The lowest BCUT2D eigenvalue weighted by atomic mass is 10.2. The zero-order valence-corrected chi connectivity index (χ0v) is 15.5. The Balaban J connectivity index is 1.69. The number of fused-ring (bicyclic) bond motifs is 1. The molecule has 2 aromatic rings. The van der Waals surface area contributed by atoms with Gasteiger partial charge in [0.2, 0.25) is 11.8 Å². The Morgan fingerprint density at radius 2 is 2.08 bits per heavy atom. The lowest BCUT2D eigenvalue weighted by Crippen LogP contribution is -2.32. The van der Waals surface area contributed by atoms with Gasteiger partial charge in [0, 0.05) is 16.3 Å². The van der Waals surface area contributed by atoms with Crippen LogP contribution in [-0.2, 0) is 9.59 Å². The van der Waals surface area contributed by atoms with Crippen LogP contribution in [0.5, 0.6) is 5.75 Å². The van der Waals surface area contributed by atoms with Gasteiger partial charge in [0.15, 0.2) is 0 Å². The van der Waals surface area contributed by atoms with Crippen LogP contribution in [0.2, 0.25) is 10.0 Å². The molecule has 0 aromatic heterocycles. The predicted molar refractivity (Wildman–Crippen MR) is 101 cm³/mol. The lowest BCUT2D eigenvalue weighted by Gasteiger charge is -2.24. The first-order valence-corrected chi connectivity index (χ1v) is 9.00. The van der Waals surface area contributed by atoms with Crippen LogP contribution < -0.4 is 15.4 Å². The van der Waals surface area contributed by atoms with Gasteiger partial charge in [-0.2, -0.15) is 0 Å². The summed E-state index contributed by atoms with van der Waals surface area (Å²) in [6.07, 6.45) is 0.0199. The number of rotatable bonds is 4. The van der Waals surface area contributed by atoms with Gasteiger partial charge in [0.1, 0.15) is 5.75 Å². The van der Waals surface area contributed by atoms with Crippen molar-refractivity contribution in [1.29, 1.82) is 0 Å². The van der Waals surface area contributed by atoms with Gasteiger partial charge in [-0.15, -0.1) is 11.8 Å². The minimum absolute atomic E-state index is 0.0199. The minimum Gasteiger partial charge on any atom is -0.497 e. The number of amides is 2. The third kappa shape index (κ3) is 4.21. The molecule has 5 nitrogen and oxygen atoms in total. The van der Waals surface area contributed by atoms with Gasteiger partial charge < -0.3 is 15.4 Å². The van der Waals surface area contributed by atoms with E-state index in [0.717, 1.165) is 4.90 Å². The van der Waals surface area contributed by atoms with E-state index in [1.54, 1.807) is 37.4 Å². The smallest absolute Gasteiger partial charge is 0.238 e. The van der Waals surface area contributed by atoms with Gasteiger partial charge in [-0.3, -0.25) is 9.59 Å². The molecular weight excluding hydrogens is 383 g/mol. The number of carbonyl (C=O) groups excluding carboxylic acids is 2. The molecule has 1 atom stereocenters. The molecule has 0 unspecified atom stereocenters. The van der Waals surface area contributed by atoms with E-state index < -0.39 is 5.25 Å². The van der Waals surface area contributed by atoms with Gasteiger partial charge in [-0.05, 0) is 36.4 Å². The van der Waals surface area contributed by atoms with E-state index in [9.17, 15) is 9.59 Å². The van der Waals surface area contributed by atoms with Crippen LogP contribution in [-0.4, -0.2) is 24.2 Å². The second-order valence-corrected chi connectivity index (χ2v) is 7.42. The SMILES string of the molecule is COc1ccc2c(c1)S[C@@H](CC(=O)Nc1ccc(Cl)cc1Cl)C(=O)N2. The Morgan fingerprint density at radius 3 is 2.80 bits per heavy atom. The molecule has 0 fully saturated rings. The summed E-state index contributed by atoms with van der Waals surface area (Å²) in [6, 6.07) is 10.2. The lowest BCUT2D eigenvalue weighted by molar-refractivity contribution is -0.120. The summed E-state index contributed by atoms with van der Waals surface area (Å²) < 4.78 is 5.19. The maximum atomic E-state index is 12.3. The quantitative estimate of drug-likeness (QED) is 0.800. The molecule has 0 aliphatic carbocycles. The van der Waals surface area contributed by atoms with Crippen molar-refractivity contribution in [3.63, 3.8) is 0 Å². The summed E-state index contributed by atoms with van der Waals surface area (Å²) in [5.41, 5.74) is 1.17. The zero-order valence-electron chi connectivity index (χ0n) is 13.1. The molecule has 25 heavy (non-hydrogen) atoms. The normalized spacial score (nSPS) is 16.0. The second-order valence-electron chi connectivity index (χ2n) is 5.33. The van der Waals surface area contributed by atoms with E-state index >= 15 is 0 Å². The molecule has 0 saturated carbocycles. The van der Waals surface area contributed by atoms with Gasteiger partial charge in [-0.1, -0.05) is 23.2 Å². The maximum Gasteiger partial charge on any atom is 0.238 e. The third-order valence-electron chi connectivity index (χ3n) is 3.58. The number of methoxy groups -OCH3 is 1. The van der Waals surface area contributed by atoms with E-state index in [-0.39, 0.29) is 18.2 Å². The van der Waals surface area contributed by atoms with Gasteiger partial charge >= 0.3 is 0 Å². The van der Waals surface area contributed by atoms with Crippen molar-refractivity contribution in [3.8, 4) is 5.75 Å². The summed E-state index contributed by atoms with van der Waals surface area (Å²) in [4.78, 5) is 25.4. The first-order valence-electron chi connectivity index (χ1n) is 7.36. The maximum absolute atomic E-state index is 12.3. The summed E-state index contributed by atoms with van der Waals surface area (Å²) in [6.45, 7) is 0. The standard InChI is InChI=1S/C17H14Cl2N2O3S/c1-24-10-3-5-13-14(7-10)25-15(17(23)21-13)8-16(22)20-12-4-2-9(18)6-11(12)19/h2-7,15H,8H2,1H3,(H,20,22)(H,21,23)/t15-/m0/s1. The molecule has 8 heteroatoms. The average molecular weight is 397 g/mol. The minimum atomic E-state index is -0.536. The monoisotopic (exact) mass is 396 g/mol. The largest absolute Gasteiger partial charge is 0.497 e. The van der Waals surface area contributed by atoms with Gasteiger partial charge in [0.05, 0.1) is 28.8 Å². The Bertz CT molecular complexity index is 845. The Hall–Kier alpha value is -1.89. The number of benzene rings is 2. The highest BCUT2D eigenvalue weighted by Gasteiger charge is 2.29. The highest BCUT2D eigenvalue weighted by molar-refractivity contribution is 8.01. The fourth-order valence-corrected chi connectivity index (χ4v) is 3.94. The van der Waals surface area contributed by atoms with Crippen molar-refractivity contribution >= 4 is 58.2 Å². The third-order valence-corrected chi connectivity index (χ3v) is 5.39. The molecule has 130 valence electrons. The summed E-state index contributed by atoms with van der Waals surface area (Å²) >= 11 is 13.2. The van der Waals surface area contributed by atoms with Crippen molar-refractivity contribution in [1.82, 2.24) is 0 Å². The average Bonchev–Trinajstić information content (AvgIpc) is 2.57. The molecule has 2 N–H and O–H groups in total. The Morgan fingerprint density at radius 1 is 1.28 bits per heavy atom. The van der Waals surface area contributed by atoms with Crippen molar-refractivity contribution in [3.05, 3.63) is 46.4 Å². The van der Waals surface area contributed by atoms with E-state index in [1.165, 1.54) is 11.8 Å². The zero-order chi connectivity index (χ0) is 18.0. The fraction of sp³-hybridized carbons (Fsp3) is 0.176. The van der Waals surface area contributed by atoms with E-state index in [1.807, 2.05) is 6.07 Å². The van der Waals surface area contributed by atoms with Crippen LogP contribution in [0, 0.1) is 0 Å². The molecule has 1 aliphatic rings. The number of halogens is 2. The molecule has 1 heterocycles. The highest BCUT2D eigenvalue weighted by Crippen LogP contribution is 2.39. The molecule has 2 amide bonds. The van der Waals surface area contributed by atoms with Crippen molar-refractivity contribution in [2.45, 2.75) is 16.6 Å². The number of hydrogen-bond acceptors (Lipinski definition) is 4. The molecular formula is C17H14Cl2N2O3S. The topological polar surface area (TPSA) is 67.4 Å². The molecule has 3 rings (SSSR count). The molecule has 0 saturated heterocycles. The first-order chi connectivity index (χ1) is 12.0. The fourth-order valence-electron chi connectivity index (χ4n) is 2.35. The van der Waals surface area contributed by atoms with Crippen LogP contribution in [0.25, 0.3) is 0 Å². The molecule has 1 aliphatic heterocycles. The predicted octanol–water partition coefficient (Wildman–Crippen LogP) is 4.44. The molecule has 0 spiro atoms. The Labute approximate surface area is 159 Å². The summed E-state index contributed by atoms with van der Waals surface area (Å²) in [5, 5.41) is 5.80. The van der Waals surface area contributed by atoms with Crippen molar-refractivity contribution in [2.24, 2.45) is 0 Å². The van der Waals surface area contributed by atoms with E-state index in [4.69, 9.17) is 27.9 Å². The number of thioether (sulfide) groups is 1. The Kier molecular flexibility index (Phi) is 5.42. The van der Waals surface area contributed by atoms with Gasteiger partial charge in [-0.25, -0.2) is 0 Å².